The van der Waals surface area contributed by atoms with Crippen molar-refractivity contribution in [2.75, 3.05) is 37.0 Å². The summed E-state index contributed by atoms with van der Waals surface area (Å²) in [4.78, 5) is 27.7. The van der Waals surface area contributed by atoms with E-state index in [0.29, 0.717) is 11.4 Å². The number of carbonyl (C=O) groups is 2. The van der Waals surface area contributed by atoms with Gasteiger partial charge in [0.15, 0.2) is 0 Å². The van der Waals surface area contributed by atoms with Crippen molar-refractivity contribution in [2.24, 2.45) is 5.73 Å². The molecule has 0 unspecified atom stereocenters. The minimum absolute atomic E-state index is 0.123. The number of methoxy groups -OCH3 is 1. The van der Waals surface area contributed by atoms with Crippen molar-refractivity contribution >= 4 is 23.2 Å². The molecule has 0 radical (unpaired) electrons. The minimum Gasteiger partial charge on any atom is -0.495 e. The number of para-hydroxylation sites is 3. The van der Waals surface area contributed by atoms with E-state index in [1.54, 1.807) is 31.3 Å². The summed E-state index contributed by atoms with van der Waals surface area (Å²) in [6.07, 6.45) is 0. The summed E-state index contributed by atoms with van der Waals surface area (Å²) in [5.41, 5.74) is 6.78. The SMILES string of the molecule is COc1ccccc1N(CC(=O)N(C)c1ccccc1)C(=O)CN. The number of benzene rings is 2. The lowest BCUT2D eigenvalue weighted by Gasteiger charge is -2.26. The fourth-order valence-corrected chi connectivity index (χ4v) is 2.31. The highest BCUT2D eigenvalue weighted by Gasteiger charge is 2.23. The molecule has 6 heteroatoms. The van der Waals surface area contributed by atoms with Gasteiger partial charge in [0.25, 0.3) is 0 Å². The predicted octanol–water partition coefficient (Wildman–Crippen LogP) is 1.65. The molecule has 0 atom stereocenters. The lowest BCUT2D eigenvalue weighted by Crippen LogP contribution is -2.44. The van der Waals surface area contributed by atoms with E-state index in [9.17, 15) is 9.59 Å². The first-order chi connectivity index (χ1) is 11.6. The molecule has 126 valence electrons. The Balaban J connectivity index is 2.26. The standard InChI is InChI=1S/C18H21N3O3/c1-20(14-8-4-3-5-9-14)18(23)13-21(17(22)12-19)15-10-6-7-11-16(15)24-2/h3-11H,12-13,19H2,1-2H3. The van der Waals surface area contributed by atoms with E-state index in [0.717, 1.165) is 5.69 Å². The molecule has 24 heavy (non-hydrogen) atoms. The number of hydrogen-bond donors (Lipinski definition) is 1. The van der Waals surface area contributed by atoms with Gasteiger partial charge in [0, 0.05) is 12.7 Å². The highest BCUT2D eigenvalue weighted by molar-refractivity contribution is 6.04. The first kappa shape index (κ1) is 17.5. The van der Waals surface area contributed by atoms with Gasteiger partial charge in [0.05, 0.1) is 19.3 Å². The van der Waals surface area contributed by atoms with Crippen LogP contribution in [0.4, 0.5) is 11.4 Å². The van der Waals surface area contributed by atoms with Crippen molar-refractivity contribution in [2.45, 2.75) is 0 Å². The van der Waals surface area contributed by atoms with Crippen molar-refractivity contribution in [3.8, 4) is 5.75 Å². The number of hydrogen-bond acceptors (Lipinski definition) is 4. The van der Waals surface area contributed by atoms with Crippen LogP contribution in [0.2, 0.25) is 0 Å². The first-order valence-corrected chi connectivity index (χ1v) is 7.53. The summed E-state index contributed by atoms with van der Waals surface area (Å²) in [6, 6.07) is 16.3. The van der Waals surface area contributed by atoms with Crippen molar-refractivity contribution in [1.29, 1.82) is 0 Å². The number of likely N-dealkylation sites (N-methyl/N-ethyl adjacent to an activating group) is 1. The lowest BCUT2D eigenvalue weighted by atomic mass is 10.2. The molecule has 0 aromatic heterocycles. The van der Waals surface area contributed by atoms with E-state index < -0.39 is 0 Å². The molecule has 0 aliphatic heterocycles. The molecule has 6 nitrogen and oxygen atoms in total. The van der Waals surface area contributed by atoms with Gasteiger partial charge in [-0.25, -0.2) is 0 Å². The lowest BCUT2D eigenvalue weighted by molar-refractivity contribution is -0.121. The maximum atomic E-state index is 12.6. The molecular weight excluding hydrogens is 306 g/mol. The molecule has 0 saturated carbocycles. The molecular formula is C18H21N3O3. The van der Waals surface area contributed by atoms with E-state index in [-0.39, 0.29) is 24.9 Å². The second-order valence-electron chi connectivity index (χ2n) is 5.14. The average Bonchev–Trinajstić information content (AvgIpc) is 2.65. The van der Waals surface area contributed by atoms with Crippen LogP contribution in [0.15, 0.2) is 54.6 Å². The van der Waals surface area contributed by atoms with E-state index in [4.69, 9.17) is 10.5 Å². The largest absolute Gasteiger partial charge is 0.495 e. The molecule has 2 N–H and O–H groups in total. The van der Waals surface area contributed by atoms with Crippen LogP contribution < -0.4 is 20.3 Å². The molecule has 0 aliphatic carbocycles. The number of carbonyl (C=O) groups excluding carboxylic acids is 2. The molecule has 0 aliphatic rings. The molecule has 2 amide bonds. The molecule has 2 aromatic carbocycles. The summed E-state index contributed by atoms with van der Waals surface area (Å²) in [7, 11) is 3.19. The third-order valence-corrected chi connectivity index (χ3v) is 3.66. The molecule has 0 bridgehead atoms. The molecule has 0 spiro atoms. The van der Waals surface area contributed by atoms with E-state index in [1.165, 1.54) is 16.9 Å². The third-order valence-electron chi connectivity index (χ3n) is 3.66. The van der Waals surface area contributed by atoms with Crippen molar-refractivity contribution in [1.82, 2.24) is 0 Å². The van der Waals surface area contributed by atoms with Gasteiger partial charge in [-0.1, -0.05) is 30.3 Å². The maximum absolute atomic E-state index is 12.6. The molecule has 0 saturated heterocycles. The van der Waals surface area contributed by atoms with Crippen LogP contribution >= 0.6 is 0 Å². The summed E-state index contributed by atoms with van der Waals surface area (Å²) >= 11 is 0. The van der Waals surface area contributed by atoms with E-state index in [1.807, 2.05) is 30.3 Å². The van der Waals surface area contributed by atoms with Crippen molar-refractivity contribution in [3.63, 3.8) is 0 Å². The van der Waals surface area contributed by atoms with Gasteiger partial charge >= 0.3 is 0 Å². The number of nitrogens with zero attached hydrogens (tertiary/aromatic N) is 2. The van der Waals surface area contributed by atoms with E-state index >= 15 is 0 Å². The van der Waals surface area contributed by atoms with Crippen LogP contribution in [0.3, 0.4) is 0 Å². The zero-order valence-corrected chi connectivity index (χ0v) is 13.8. The van der Waals surface area contributed by atoms with Gasteiger partial charge in [-0.15, -0.1) is 0 Å². The fraction of sp³-hybridized carbons (Fsp3) is 0.222. The predicted molar refractivity (Wildman–Crippen MR) is 94.3 cm³/mol. The summed E-state index contributed by atoms with van der Waals surface area (Å²) < 4.78 is 5.29. The number of ether oxygens (including phenoxy) is 1. The third kappa shape index (κ3) is 3.91. The zero-order chi connectivity index (χ0) is 17.5. The summed E-state index contributed by atoms with van der Waals surface area (Å²) in [6.45, 7) is -0.317. The Kier molecular flexibility index (Phi) is 5.92. The summed E-state index contributed by atoms with van der Waals surface area (Å²) in [5, 5.41) is 0. The van der Waals surface area contributed by atoms with Gasteiger partial charge in [-0.2, -0.15) is 0 Å². The Bertz CT molecular complexity index is 704. The first-order valence-electron chi connectivity index (χ1n) is 7.53. The fourth-order valence-electron chi connectivity index (χ4n) is 2.31. The quantitative estimate of drug-likeness (QED) is 0.875. The normalized spacial score (nSPS) is 10.1. The van der Waals surface area contributed by atoms with Crippen LogP contribution in [0.1, 0.15) is 0 Å². The highest BCUT2D eigenvalue weighted by atomic mass is 16.5. The van der Waals surface area contributed by atoms with Crippen molar-refractivity contribution in [3.05, 3.63) is 54.6 Å². The molecule has 2 aromatic rings. The Hall–Kier alpha value is -2.86. The molecule has 2 rings (SSSR count). The topological polar surface area (TPSA) is 75.9 Å². The molecule has 0 fully saturated rings. The number of nitrogens with two attached hydrogens (primary N) is 1. The van der Waals surface area contributed by atoms with Crippen LogP contribution in [0, 0.1) is 0 Å². The van der Waals surface area contributed by atoms with Gasteiger partial charge in [-0.05, 0) is 24.3 Å². The van der Waals surface area contributed by atoms with Gasteiger partial charge in [0.1, 0.15) is 12.3 Å². The smallest absolute Gasteiger partial charge is 0.246 e. The Morgan fingerprint density at radius 2 is 1.62 bits per heavy atom. The Morgan fingerprint density at radius 1 is 1.00 bits per heavy atom. The minimum atomic E-state index is -0.352. The van der Waals surface area contributed by atoms with E-state index in [2.05, 4.69) is 0 Å². The van der Waals surface area contributed by atoms with Crippen LogP contribution in [-0.2, 0) is 9.59 Å². The number of amides is 2. The Morgan fingerprint density at radius 3 is 2.25 bits per heavy atom. The zero-order valence-electron chi connectivity index (χ0n) is 13.8. The van der Waals surface area contributed by atoms with Crippen molar-refractivity contribution < 1.29 is 14.3 Å². The second kappa shape index (κ2) is 8.12. The van der Waals surface area contributed by atoms with Gasteiger partial charge in [-0.3, -0.25) is 14.5 Å². The monoisotopic (exact) mass is 327 g/mol. The second-order valence-corrected chi connectivity index (χ2v) is 5.14. The van der Waals surface area contributed by atoms with Crippen LogP contribution in [-0.4, -0.2) is 39.1 Å². The van der Waals surface area contributed by atoms with Crippen LogP contribution in [0.5, 0.6) is 5.75 Å². The highest BCUT2D eigenvalue weighted by Crippen LogP contribution is 2.28. The van der Waals surface area contributed by atoms with Gasteiger partial charge in [0.2, 0.25) is 11.8 Å². The Labute approximate surface area is 141 Å². The molecule has 0 heterocycles. The van der Waals surface area contributed by atoms with Gasteiger partial charge < -0.3 is 15.4 Å². The summed E-state index contributed by atoms with van der Waals surface area (Å²) in [5.74, 6) is -0.0716. The maximum Gasteiger partial charge on any atom is 0.246 e. The number of rotatable bonds is 6. The van der Waals surface area contributed by atoms with Crippen LogP contribution in [0.25, 0.3) is 0 Å². The average molecular weight is 327 g/mol. The number of anilines is 2.